The van der Waals surface area contributed by atoms with E-state index in [2.05, 4.69) is 31.9 Å². The Bertz CT molecular complexity index is 3990. The number of rotatable bonds is 59. The van der Waals surface area contributed by atoms with Crippen molar-refractivity contribution in [2.45, 2.75) is 184 Å². The number of amides is 7. The number of aliphatic hydroxyl groups is 11. The number of anilines is 1. The quantitative estimate of drug-likeness (QED) is 0.0134. The van der Waals surface area contributed by atoms with Gasteiger partial charge in [0.05, 0.1) is 172 Å². The van der Waals surface area contributed by atoms with E-state index in [0.29, 0.717) is 135 Å². The predicted molar refractivity (Wildman–Crippen MR) is 429 cm³/mol. The highest BCUT2D eigenvalue weighted by Gasteiger charge is 2.47. The first-order valence-corrected chi connectivity index (χ1v) is 40.8. The van der Waals surface area contributed by atoms with Crippen molar-refractivity contribution in [2.75, 3.05) is 157 Å². The molecule has 13 atom stereocenters. The fourth-order valence-corrected chi connectivity index (χ4v) is 13.9. The van der Waals surface area contributed by atoms with Crippen molar-refractivity contribution in [1.29, 1.82) is 0 Å². The van der Waals surface area contributed by atoms with Gasteiger partial charge in [-0.3, -0.25) is 28.9 Å². The number of halogens is 1. The molecule has 2 aromatic heterocycles. The molecule has 40 nitrogen and oxygen atoms in total. The SMILES string of the molecule is CC[C@@]1(O)C(=O)OCc2c1cc1n(c2=O)Cc2c-1nc1cc(F)c(C)c3c1c2[C@@H](NC(=O)OCc1ccc(NC(=O)[C@H](CCCNC(N)=O)NC(=O)[C@@H](NC(=O)[C@@H](N)CCCCNC(=O)CCOCCOCCOCCOCCOCCOCCOCCOCCN(C[C@H](O)[C@@H](O)[C@H](O)[C@H](O)CO)C[C@H](O)[C@@H](O)[C@H](O)[C@H](O)CO)C(C)C)cc1)CC3. The third-order valence-corrected chi connectivity index (χ3v) is 20.9. The Morgan fingerprint density at radius 2 is 1.21 bits per heavy atom. The Hall–Kier alpha value is -8.22. The lowest BCUT2D eigenvalue weighted by Crippen LogP contribution is -2.56. The molecule has 121 heavy (non-hydrogen) atoms. The predicted octanol–water partition coefficient (Wildman–Crippen LogP) is -3.24. The summed E-state index contributed by atoms with van der Waals surface area (Å²) in [5, 5.41) is 128. The van der Waals surface area contributed by atoms with Crippen LogP contribution in [-0.2, 0) is 103 Å². The molecule has 4 heterocycles. The number of aliphatic hydroxyl groups excluding tert-OH is 10. The fourth-order valence-electron chi connectivity index (χ4n) is 13.9. The number of cyclic esters (lactones) is 1. The number of aryl methyl sites for hydroxylation is 1. The molecule has 1 aliphatic carbocycles. The van der Waals surface area contributed by atoms with Crippen molar-refractivity contribution in [2.24, 2.45) is 17.4 Å². The third-order valence-electron chi connectivity index (χ3n) is 20.9. The highest BCUT2D eigenvalue weighted by atomic mass is 19.1. The molecule has 4 aromatic rings. The number of aromatic nitrogens is 2. The van der Waals surface area contributed by atoms with Gasteiger partial charge in [0.25, 0.3) is 5.56 Å². The van der Waals surface area contributed by atoms with Crippen molar-refractivity contribution < 1.29 is 141 Å². The average molecular weight is 1720 g/mol. The Balaban J connectivity index is 0.698. The molecule has 678 valence electrons. The molecule has 41 heteroatoms. The summed E-state index contributed by atoms with van der Waals surface area (Å²) in [7, 11) is 0. The minimum absolute atomic E-state index is 0.00328. The minimum Gasteiger partial charge on any atom is -0.458 e. The lowest BCUT2D eigenvalue weighted by molar-refractivity contribution is -0.172. The van der Waals surface area contributed by atoms with Gasteiger partial charge in [-0.1, -0.05) is 32.9 Å². The summed E-state index contributed by atoms with van der Waals surface area (Å²) >= 11 is 0. The van der Waals surface area contributed by atoms with Gasteiger partial charge in [0.15, 0.2) is 5.60 Å². The fraction of sp³-hybridized carbons (Fsp3) is 0.662. The number of nitrogens with two attached hydrogens (primary N) is 2. The second-order valence-corrected chi connectivity index (χ2v) is 30.0. The minimum atomic E-state index is -2.07. The summed E-state index contributed by atoms with van der Waals surface area (Å²) in [6, 6.07) is 4.56. The zero-order chi connectivity index (χ0) is 88.3. The van der Waals surface area contributed by atoms with E-state index in [1.54, 1.807) is 58.0 Å². The number of benzene rings is 2. The molecular weight excluding hydrogens is 1600 g/mol. The van der Waals surface area contributed by atoms with Crippen LogP contribution in [0.2, 0.25) is 0 Å². The van der Waals surface area contributed by atoms with Gasteiger partial charge in [0, 0.05) is 67.4 Å². The summed E-state index contributed by atoms with van der Waals surface area (Å²) in [4.78, 5) is 112. The molecule has 0 unspecified atom stereocenters. The van der Waals surface area contributed by atoms with E-state index in [4.69, 9.17) is 74.0 Å². The molecule has 7 rings (SSSR count). The van der Waals surface area contributed by atoms with Gasteiger partial charge < -0.3 is 151 Å². The van der Waals surface area contributed by atoms with Gasteiger partial charge in [0.1, 0.15) is 67.7 Å². The lowest BCUT2D eigenvalue weighted by Gasteiger charge is -2.33. The van der Waals surface area contributed by atoms with Gasteiger partial charge in [0.2, 0.25) is 23.6 Å². The molecular formula is C80H122FN11O29. The Labute approximate surface area is 699 Å². The van der Waals surface area contributed by atoms with Crippen LogP contribution in [0.25, 0.3) is 22.3 Å². The number of pyridine rings is 2. The summed E-state index contributed by atoms with van der Waals surface area (Å²) < 4.78 is 72.1. The van der Waals surface area contributed by atoms with Crippen LogP contribution in [-0.4, -0.2) is 331 Å². The Kier molecular flexibility index (Phi) is 42.2. The highest BCUT2D eigenvalue weighted by molar-refractivity contribution is 5.99. The number of fused-ring (bicyclic) bond motifs is 5. The number of urea groups is 1. The van der Waals surface area contributed by atoms with Crippen LogP contribution < -0.4 is 48.9 Å². The maximum atomic E-state index is 15.5. The topological polar surface area (TPSA) is 597 Å². The lowest BCUT2D eigenvalue weighted by atomic mass is 9.81. The van der Waals surface area contributed by atoms with E-state index in [9.17, 15) is 84.3 Å². The summed E-state index contributed by atoms with van der Waals surface area (Å²) in [5.41, 5.74) is 13.5. The number of carbonyl (C=O) groups is 7. The van der Waals surface area contributed by atoms with Crippen molar-refractivity contribution in [3.8, 4) is 11.4 Å². The number of nitrogens with zero attached hydrogens (tertiary/aromatic N) is 3. The summed E-state index contributed by atoms with van der Waals surface area (Å²) in [5.74, 6) is -3.90. The maximum absolute atomic E-state index is 15.5. The smallest absolute Gasteiger partial charge is 0.407 e. The number of ether oxygens (including phenoxy) is 10. The van der Waals surface area contributed by atoms with Crippen molar-refractivity contribution in [3.05, 3.63) is 91.5 Å². The molecule has 3 aliphatic rings. The first-order valence-electron chi connectivity index (χ1n) is 40.8. The maximum Gasteiger partial charge on any atom is 0.407 e. The molecule has 0 spiro atoms. The van der Waals surface area contributed by atoms with Crippen molar-refractivity contribution in [1.82, 2.24) is 41.0 Å². The molecule has 2 aromatic carbocycles. The second kappa shape index (κ2) is 51.1. The number of carbonyl (C=O) groups excluding carboxylic acids is 7. The van der Waals surface area contributed by atoms with Gasteiger partial charge in [-0.05, 0) is 105 Å². The number of hydrogen-bond acceptors (Lipinski definition) is 32. The van der Waals surface area contributed by atoms with E-state index in [1.807, 2.05) is 0 Å². The zero-order valence-electron chi connectivity index (χ0n) is 68.9. The average Bonchev–Trinajstić information content (AvgIpc) is 1.58. The molecule has 0 bridgehead atoms. The molecule has 21 N–H and O–H groups in total. The van der Waals surface area contributed by atoms with Crippen LogP contribution in [0.15, 0.2) is 41.2 Å². The number of alkyl carbamates (subject to hydrolysis) is 1. The highest BCUT2D eigenvalue weighted by Crippen LogP contribution is 2.46. The summed E-state index contributed by atoms with van der Waals surface area (Å²) in [6.07, 6.45) is -13.0. The molecule has 7 amide bonds. The normalized spacial score (nSPS) is 17.5. The Morgan fingerprint density at radius 1 is 0.669 bits per heavy atom. The second-order valence-electron chi connectivity index (χ2n) is 30.0. The summed E-state index contributed by atoms with van der Waals surface area (Å²) in [6.45, 7) is 8.23. The van der Waals surface area contributed by atoms with Crippen LogP contribution in [0.5, 0.6) is 0 Å². The molecule has 0 fully saturated rings. The first-order chi connectivity index (χ1) is 57.9. The van der Waals surface area contributed by atoms with E-state index in [-0.39, 0.29) is 135 Å². The third kappa shape index (κ3) is 30.0. The molecule has 2 aliphatic heterocycles. The molecule has 0 radical (unpaired) electrons. The number of esters is 1. The van der Waals surface area contributed by atoms with Crippen LogP contribution >= 0.6 is 0 Å². The van der Waals surface area contributed by atoms with Gasteiger partial charge in [-0.15, -0.1) is 0 Å². The van der Waals surface area contributed by atoms with E-state index in [1.165, 1.54) is 15.5 Å². The van der Waals surface area contributed by atoms with Crippen molar-refractivity contribution in [3.63, 3.8) is 0 Å². The van der Waals surface area contributed by atoms with E-state index < -0.39 is 158 Å². The van der Waals surface area contributed by atoms with Gasteiger partial charge >= 0.3 is 18.1 Å². The van der Waals surface area contributed by atoms with Crippen LogP contribution in [0.4, 0.5) is 19.7 Å². The van der Waals surface area contributed by atoms with Gasteiger partial charge in [-0.25, -0.2) is 23.8 Å². The first kappa shape index (κ1) is 99.9. The van der Waals surface area contributed by atoms with Gasteiger partial charge in [-0.2, -0.15) is 0 Å². The number of primary amides is 1. The number of nitrogens with one attached hydrogen (secondary N) is 6. The standard InChI is InChI=1S/C80H122FN11O29/c1-5-80(111)53-37-59-68-51(39-92(59)76(107)52(53)45-120-77(80)108)66-56(16-15-50-47(4)54(81)38-58(87-68)65(50)66)89-79(110)121-44-48-11-13-49(14-12-48)86-74(105)57(10-8-19-85-78(83)109)88-75(106)67(46(2)3)90-73(104)55(82)9-6-7-18-84-64(99)17-21-112-23-25-114-27-29-116-31-33-118-35-36-119-34-32-117-30-28-115-26-24-113-22-20-91(40-60(95)69(100)71(102)62(97)42-93)41-61(96)70(101)72(103)63(98)43-94/h11-14,37-38,46,55-57,60-63,67,69-72,93-98,100-103,111H,5-10,15-36,39-45,82H2,1-4H3,(H,84,99)(H,86,105)(H,88,106)(H,89,110)(H,90,104)(H3,83,85,109)/t55-,56-,57-,60-,61-,62+,63+,67-,69+,70+,71+,72+,80-/m0/s1. The van der Waals surface area contributed by atoms with Crippen molar-refractivity contribution >= 4 is 58.3 Å². The molecule has 0 saturated carbocycles. The van der Waals surface area contributed by atoms with Crippen LogP contribution in [0.3, 0.4) is 0 Å². The molecule has 0 saturated heterocycles. The Morgan fingerprint density at radius 3 is 1.74 bits per heavy atom. The largest absolute Gasteiger partial charge is 0.458 e. The van der Waals surface area contributed by atoms with E-state index in [0.717, 1.165) is 5.56 Å². The van der Waals surface area contributed by atoms with Crippen LogP contribution in [0, 0.1) is 18.7 Å². The van der Waals surface area contributed by atoms with Crippen LogP contribution in [0.1, 0.15) is 117 Å². The zero-order valence-corrected chi connectivity index (χ0v) is 68.9. The van der Waals surface area contributed by atoms with E-state index >= 15 is 4.39 Å². The monoisotopic (exact) mass is 1720 g/mol. The number of unbranched alkanes of at least 4 members (excludes halogenated alkanes) is 1. The number of hydrogen-bond donors (Lipinski definition) is 19.